The molecule has 0 saturated carbocycles. The molecule has 2 unspecified atom stereocenters. The Labute approximate surface area is 170 Å². The second-order valence-electron chi connectivity index (χ2n) is 6.87. The summed E-state index contributed by atoms with van der Waals surface area (Å²) in [5.74, 6) is 2.13. The van der Waals surface area contributed by atoms with Crippen molar-refractivity contribution in [2.24, 2.45) is 10.9 Å². The number of halogens is 1. The highest BCUT2D eigenvalue weighted by atomic mass is 127. The van der Waals surface area contributed by atoms with Crippen LogP contribution in [0.15, 0.2) is 35.3 Å². The van der Waals surface area contributed by atoms with Crippen LogP contribution in [0.25, 0.3) is 0 Å². The van der Waals surface area contributed by atoms with Crippen LogP contribution in [0.2, 0.25) is 0 Å². The Morgan fingerprint density at radius 1 is 1.24 bits per heavy atom. The van der Waals surface area contributed by atoms with Gasteiger partial charge in [-0.15, -0.1) is 24.0 Å². The van der Waals surface area contributed by atoms with Gasteiger partial charge in [-0.25, -0.2) is 0 Å². The van der Waals surface area contributed by atoms with E-state index in [2.05, 4.69) is 66.6 Å². The minimum atomic E-state index is 0. The molecule has 0 spiro atoms. The van der Waals surface area contributed by atoms with E-state index in [9.17, 15) is 0 Å². The van der Waals surface area contributed by atoms with Crippen LogP contribution >= 0.6 is 24.0 Å². The average Bonchev–Trinajstić information content (AvgIpc) is 3.06. The van der Waals surface area contributed by atoms with E-state index in [0.717, 1.165) is 31.5 Å². The van der Waals surface area contributed by atoms with E-state index in [-0.39, 0.29) is 24.0 Å². The van der Waals surface area contributed by atoms with E-state index in [1.807, 2.05) is 0 Å². The van der Waals surface area contributed by atoms with Gasteiger partial charge in [-0.2, -0.15) is 0 Å². The number of likely N-dealkylation sites (tertiary alicyclic amines) is 1. The summed E-state index contributed by atoms with van der Waals surface area (Å²) in [6.07, 6.45) is 2.55. The highest BCUT2D eigenvalue weighted by molar-refractivity contribution is 14.0. The van der Waals surface area contributed by atoms with Crippen LogP contribution in [-0.4, -0.2) is 50.1 Å². The number of hydrogen-bond donors (Lipinski definition) is 2. The average molecular weight is 458 g/mol. The third-order valence-electron chi connectivity index (χ3n) is 4.70. The zero-order valence-electron chi connectivity index (χ0n) is 16.0. The van der Waals surface area contributed by atoms with Crippen LogP contribution in [0.1, 0.15) is 45.1 Å². The van der Waals surface area contributed by atoms with Gasteiger partial charge in [-0.05, 0) is 44.3 Å². The molecule has 2 atom stereocenters. The van der Waals surface area contributed by atoms with E-state index in [1.54, 1.807) is 0 Å². The van der Waals surface area contributed by atoms with E-state index in [1.165, 1.54) is 38.0 Å². The van der Waals surface area contributed by atoms with Gasteiger partial charge in [-0.1, -0.05) is 44.2 Å². The third kappa shape index (κ3) is 7.94. The molecule has 4 nitrogen and oxygen atoms in total. The summed E-state index contributed by atoms with van der Waals surface area (Å²) < 4.78 is 0. The van der Waals surface area contributed by atoms with Gasteiger partial charge in [0.25, 0.3) is 0 Å². The van der Waals surface area contributed by atoms with Crippen molar-refractivity contribution in [2.75, 3.05) is 39.3 Å². The lowest BCUT2D eigenvalue weighted by Crippen LogP contribution is -2.40. The molecule has 1 heterocycles. The van der Waals surface area contributed by atoms with Gasteiger partial charge >= 0.3 is 0 Å². The van der Waals surface area contributed by atoms with Crippen molar-refractivity contribution in [3.05, 3.63) is 35.9 Å². The second kappa shape index (κ2) is 12.5. The predicted molar refractivity (Wildman–Crippen MR) is 119 cm³/mol. The van der Waals surface area contributed by atoms with Crippen molar-refractivity contribution >= 4 is 29.9 Å². The van der Waals surface area contributed by atoms with Gasteiger partial charge in [-0.3, -0.25) is 4.99 Å². The number of nitrogens with one attached hydrogen (secondary N) is 2. The molecule has 2 rings (SSSR count). The Kier molecular flexibility index (Phi) is 11.1. The normalized spacial score (nSPS) is 19.3. The number of nitrogens with zero attached hydrogens (tertiary/aromatic N) is 2. The molecule has 0 bridgehead atoms. The maximum atomic E-state index is 4.79. The molecule has 25 heavy (non-hydrogen) atoms. The summed E-state index contributed by atoms with van der Waals surface area (Å²) in [6, 6.07) is 10.6. The molecule has 1 aliphatic heterocycles. The minimum absolute atomic E-state index is 0. The lowest BCUT2D eigenvalue weighted by Gasteiger charge is -2.17. The summed E-state index contributed by atoms with van der Waals surface area (Å²) in [6.45, 7) is 13.1. The van der Waals surface area contributed by atoms with Gasteiger partial charge in [0, 0.05) is 32.1 Å². The molecule has 0 radical (unpaired) electrons. The standard InChI is InChI=1S/C20H34N4.HI/c1-4-12-24-13-11-18(16-24)15-23-20(21-5-2)22-14-17(3)19-9-7-6-8-10-19;/h6-10,17-18H,4-5,11-16H2,1-3H3,(H2,21,22,23);1H. The Balaban J connectivity index is 0.00000312. The number of hydrogen-bond acceptors (Lipinski definition) is 2. The fourth-order valence-corrected chi connectivity index (χ4v) is 3.30. The quantitative estimate of drug-likeness (QED) is 0.355. The van der Waals surface area contributed by atoms with Crippen LogP contribution in [0.4, 0.5) is 0 Å². The second-order valence-corrected chi connectivity index (χ2v) is 6.87. The van der Waals surface area contributed by atoms with E-state index in [0.29, 0.717) is 5.92 Å². The first-order valence-corrected chi connectivity index (χ1v) is 9.52. The first-order valence-electron chi connectivity index (χ1n) is 9.52. The van der Waals surface area contributed by atoms with Crippen molar-refractivity contribution in [3.8, 4) is 0 Å². The fraction of sp³-hybridized carbons (Fsp3) is 0.650. The smallest absolute Gasteiger partial charge is 0.191 e. The van der Waals surface area contributed by atoms with Gasteiger partial charge < -0.3 is 15.5 Å². The number of rotatable bonds is 8. The van der Waals surface area contributed by atoms with Crippen molar-refractivity contribution < 1.29 is 0 Å². The lowest BCUT2D eigenvalue weighted by molar-refractivity contribution is 0.324. The Bertz CT molecular complexity index is 492. The Hall–Kier alpha value is -0.820. The maximum absolute atomic E-state index is 4.79. The molecular formula is C20H35IN4. The largest absolute Gasteiger partial charge is 0.357 e. The first-order chi connectivity index (χ1) is 11.7. The summed E-state index contributed by atoms with van der Waals surface area (Å²) in [4.78, 5) is 7.36. The highest BCUT2D eigenvalue weighted by Crippen LogP contribution is 2.16. The van der Waals surface area contributed by atoms with E-state index < -0.39 is 0 Å². The number of aliphatic imine (C=N–C) groups is 1. The summed E-state index contributed by atoms with van der Waals surface area (Å²) in [5, 5.41) is 6.92. The molecule has 5 heteroatoms. The molecule has 1 fully saturated rings. The summed E-state index contributed by atoms with van der Waals surface area (Å²) in [7, 11) is 0. The molecule has 1 saturated heterocycles. The Morgan fingerprint density at radius 2 is 2.00 bits per heavy atom. The number of benzene rings is 1. The van der Waals surface area contributed by atoms with Crippen LogP contribution in [0, 0.1) is 5.92 Å². The van der Waals surface area contributed by atoms with Crippen molar-refractivity contribution in [2.45, 2.75) is 39.5 Å². The van der Waals surface area contributed by atoms with Crippen LogP contribution in [0.5, 0.6) is 0 Å². The zero-order chi connectivity index (χ0) is 17.2. The fourth-order valence-electron chi connectivity index (χ4n) is 3.30. The van der Waals surface area contributed by atoms with Crippen LogP contribution in [0.3, 0.4) is 0 Å². The van der Waals surface area contributed by atoms with Crippen molar-refractivity contribution in [1.82, 2.24) is 15.5 Å². The first kappa shape index (κ1) is 22.2. The van der Waals surface area contributed by atoms with E-state index >= 15 is 0 Å². The van der Waals surface area contributed by atoms with Gasteiger partial charge in [0.05, 0.1) is 0 Å². The monoisotopic (exact) mass is 458 g/mol. The lowest BCUT2D eigenvalue weighted by atomic mass is 10.0. The third-order valence-corrected chi connectivity index (χ3v) is 4.70. The molecular weight excluding hydrogens is 423 g/mol. The van der Waals surface area contributed by atoms with Crippen LogP contribution < -0.4 is 10.6 Å². The van der Waals surface area contributed by atoms with Crippen molar-refractivity contribution in [3.63, 3.8) is 0 Å². The predicted octanol–water partition coefficient (Wildman–Crippen LogP) is 3.70. The molecule has 142 valence electrons. The molecule has 0 amide bonds. The van der Waals surface area contributed by atoms with Gasteiger partial charge in [0.15, 0.2) is 5.96 Å². The zero-order valence-corrected chi connectivity index (χ0v) is 18.3. The molecule has 1 aromatic carbocycles. The van der Waals surface area contributed by atoms with E-state index in [4.69, 9.17) is 4.99 Å². The molecule has 0 aromatic heterocycles. The van der Waals surface area contributed by atoms with Crippen molar-refractivity contribution in [1.29, 1.82) is 0 Å². The molecule has 2 N–H and O–H groups in total. The maximum Gasteiger partial charge on any atom is 0.191 e. The molecule has 0 aliphatic carbocycles. The minimum Gasteiger partial charge on any atom is -0.357 e. The summed E-state index contributed by atoms with van der Waals surface area (Å²) in [5.41, 5.74) is 1.35. The van der Waals surface area contributed by atoms with Crippen LogP contribution in [-0.2, 0) is 0 Å². The Morgan fingerprint density at radius 3 is 2.68 bits per heavy atom. The topological polar surface area (TPSA) is 39.7 Å². The highest BCUT2D eigenvalue weighted by Gasteiger charge is 2.21. The SMILES string of the molecule is CCCN1CCC(CNC(=NCC(C)c2ccccc2)NCC)C1.I. The van der Waals surface area contributed by atoms with Gasteiger partial charge in [0.2, 0.25) is 0 Å². The summed E-state index contributed by atoms with van der Waals surface area (Å²) >= 11 is 0. The molecule has 1 aliphatic rings. The molecule has 1 aromatic rings. The number of guanidine groups is 1. The van der Waals surface area contributed by atoms with Gasteiger partial charge in [0.1, 0.15) is 0 Å².